The van der Waals surface area contributed by atoms with Gasteiger partial charge in [0, 0.05) is 15.7 Å². The molecule has 0 heterocycles. The molecule has 0 radical (unpaired) electrons. The molecule has 0 spiro atoms. The van der Waals surface area contributed by atoms with Gasteiger partial charge in [0.15, 0.2) is 0 Å². The lowest BCUT2D eigenvalue weighted by Gasteiger charge is -2.17. The van der Waals surface area contributed by atoms with E-state index >= 15 is 0 Å². The van der Waals surface area contributed by atoms with Crippen LogP contribution in [-0.2, 0) is 5.92 Å². The molecule has 0 saturated heterocycles. The number of benzene rings is 1. The number of aliphatic hydroxyl groups excluding tert-OH is 1. The first-order valence-corrected chi connectivity index (χ1v) is 4.14. The molecular weight excluding hydrogens is 207 g/mol. The second-order valence-corrected chi connectivity index (χ2v) is 3.05. The van der Waals surface area contributed by atoms with Crippen molar-refractivity contribution in [1.29, 1.82) is 0 Å². The Morgan fingerprint density at radius 3 is 2.80 bits per heavy atom. The molecule has 5 heteroatoms. The van der Waals surface area contributed by atoms with Crippen molar-refractivity contribution in [2.45, 2.75) is 18.8 Å². The van der Waals surface area contributed by atoms with E-state index in [2.05, 4.69) is 0 Å². The van der Waals surface area contributed by atoms with Gasteiger partial charge in [-0.1, -0.05) is 12.1 Å². The highest BCUT2D eigenvalue weighted by atomic mass is 19.3. The summed E-state index contributed by atoms with van der Waals surface area (Å²) < 4.78 is 61.4. The standard InChI is InChI=1S/C10H12F3NO/c1-6(14)7-3-2-4-8(9(7)11)10(12,13)5-15/h2-4,6,15H,5,14H2,1H3/t6-/m1/s1/i1D3. The molecule has 0 aromatic heterocycles. The first kappa shape index (κ1) is 8.13. The molecule has 1 atom stereocenters. The zero-order valence-electron chi connectivity index (χ0n) is 10.7. The summed E-state index contributed by atoms with van der Waals surface area (Å²) >= 11 is 0. The van der Waals surface area contributed by atoms with Crippen LogP contribution in [0.1, 0.15) is 28.1 Å². The third-order valence-corrected chi connectivity index (χ3v) is 1.96. The molecule has 0 unspecified atom stereocenters. The summed E-state index contributed by atoms with van der Waals surface area (Å²) in [5, 5.41) is 8.50. The van der Waals surface area contributed by atoms with Gasteiger partial charge in [0.1, 0.15) is 12.4 Å². The van der Waals surface area contributed by atoms with E-state index in [9.17, 15) is 13.2 Å². The Hall–Kier alpha value is -1.07. The molecule has 1 aromatic rings. The Morgan fingerprint density at radius 2 is 2.27 bits per heavy atom. The number of nitrogens with two attached hydrogens (primary N) is 1. The Morgan fingerprint density at radius 1 is 1.60 bits per heavy atom. The van der Waals surface area contributed by atoms with E-state index < -0.39 is 42.4 Å². The van der Waals surface area contributed by atoms with Crippen LogP contribution >= 0.6 is 0 Å². The maximum Gasteiger partial charge on any atom is 0.298 e. The van der Waals surface area contributed by atoms with E-state index in [1.165, 1.54) is 0 Å². The molecule has 0 aliphatic rings. The molecule has 3 N–H and O–H groups in total. The summed E-state index contributed by atoms with van der Waals surface area (Å²) in [4.78, 5) is 0. The van der Waals surface area contributed by atoms with Crippen LogP contribution in [0.25, 0.3) is 0 Å². The molecule has 0 fully saturated rings. The predicted octanol–water partition coefficient (Wildman–Crippen LogP) is 1.93. The van der Waals surface area contributed by atoms with E-state index in [1.54, 1.807) is 0 Å². The van der Waals surface area contributed by atoms with E-state index in [0.29, 0.717) is 0 Å². The van der Waals surface area contributed by atoms with Crippen LogP contribution in [0.5, 0.6) is 0 Å². The Balaban J connectivity index is 3.31. The third kappa shape index (κ3) is 2.30. The van der Waals surface area contributed by atoms with Crippen molar-refractivity contribution in [2.75, 3.05) is 6.61 Å². The van der Waals surface area contributed by atoms with Crippen LogP contribution in [0.4, 0.5) is 13.2 Å². The van der Waals surface area contributed by atoms with Gasteiger partial charge in [-0.2, -0.15) is 8.78 Å². The molecule has 2 nitrogen and oxygen atoms in total. The summed E-state index contributed by atoms with van der Waals surface area (Å²) in [7, 11) is 0. The van der Waals surface area contributed by atoms with Crippen LogP contribution in [0.15, 0.2) is 18.2 Å². The molecule has 15 heavy (non-hydrogen) atoms. The SMILES string of the molecule is [2H]C([2H])([2H])[C@@H](N)c1cccc(C(F)(F)CO)c1F. The zero-order valence-corrected chi connectivity index (χ0v) is 7.67. The lowest BCUT2D eigenvalue weighted by atomic mass is 10.0. The van der Waals surface area contributed by atoms with Crippen LogP contribution in [0.2, 0.25) is 0 Å². The topological polar surface area (TPSA) is 46.2 Å². The molecule has 0 saturated carbocycles. The summed E-state index contributed by atoms with van der Waals surface area (Å²) in [6, 6.07) is 1.18. The number of aliphatic hydroxyl groups is 1. The normalized spacial score (nSPS) is 17.8. The molecule has 1 rings (SSSR count). The van der Waals surface area contributed by atoms with Gasteiger partial charge in [-0.05, 0) is 12.9 Å². The average molecular weight is 222 g/mol. The van der Waals surface area contributed by atoms with Gasteiger partial charge in [-0.25, -0.2) is 4.39 Å². The van der Waals surface area contributed by atoms with Crippen molar-refractivity contribution in [2.24, 2.45) is 5.73 Å². The molecule has 0 bridgehead atoms. The van der Waals surface area contributed by atoms with Crippen LogP contribution in [-0.4, -0.2) is 11.7 Å². The first-order valence-electron chi connectivity index (χ1n) is 5.64. The Labute approximate surface area is 89.7 Å². The zero-order chi connectivity index (χ0) is 14.1. The first-order chi connectivity index (χ1) is 8.11. The monoisotopic (exact) mass is 222 g/mol. The van der Waals surface area contributed by atoms with Crippen molar-refractivity contribution in [1.82, 2.24) is 0 Å². The lowest BCUT2D eigenvalue weighted by Crippen LogP contribution is -2.22. The van der Waals surface area contributed by atoms with E-state index in [1.807, 2.05) is 0 Å². The lowest BCUT2D eigenvalue weighted by molar-refractivity contribution is -0.0584. The van der Waals surface area contributed by atoms with Crippen LogP contribution in [0.3, 0.4) is 0 Å². The highest BCUT2D eigenvalue weighted by Gasteiger charge is 2.34. The van der Waals surface area contributed by atoms with Crippen molar-refractivity contribution in [3.8, 4) is 0 Å². The minimum Gasteiger partial charge on any atom is -0.390 e. The summed E-state index contributed by atoms with van der Waals surface area (Å²) in [5.74, 6) is -5.19. The average Bonchev–Trinajstić information content (AvgIpc) is 2.27. The van der Waals surface area contributed by atoms with E-state index in [-0.39, 0.29) is 0 Å². The third-order valence-electron chi connectivity index (χ3n) is 1.96. The minimum absolute atomic E-state index is 0.527. The number of halogens is 3. The van der Waals surface area contributed by atoms with Gasteiger partial charge >= 0.3 is 0 Å². The van der Waals surface area contributed by atoms with Crippen molar-refractivity contribution >= 4 is 0 Å². The number of hydrogen-bond acceptors (Lipinski definition) is 2. The molecular formula is C10H12F3NO. The van der Waals surface area contributed by atoms with Crippen LogP contribution < -0.4 is 5.73 Å². The number of rotatable bonds is 3. The minimum atomic E-state index is -3.78. The van der Waals surface area contributed by atoms with Crippen molar-refractivity contribution in [3.63, 3.8) is 0 Å². The number of hydrogen-bond donors (Lipinski definition) is 2. The highest BCUT2D eigenvalue weighted by Crippen LogP contribution is 2.31. The molecule has 0 aliphatic carbocycles. The molecule has 84 valence electrons. The van der Waals surface area contributed by atoms with Gasteiger partial charge in [-0.3, -0.25) is 0 Å². The van der Waals surface area contributed by atoms with Gasteiger partial charge in [0.2, 0.25) is 0 Å². The summed E-state index contributed by atoms with van der Waals surface area (Å²) in [5.41, 5.74) is 3.72. The summed E-state index contributed by atoms with van der Waals surface area (Å²) in [6.45, 7) is -4.27. The van der Waals surface area contributed by atoms with Gasteiger partial charge < -0.3 is 10.8 Å². The fraction of sp³-hybridized carbons (Fsp3) is 0.400. The highest BCUT2D eigenvalue weighted by molar-refractivity contribution is 5.31. The van der Waals surface area contributed by atoms with Gasteiger partial charge in [-0.15, -0.1) is 0 Å². The maximum absolute atomic E-state index is 13.8. The second-order valence-electron chi connectivity index (χ2n) is 3.05. The molecule has 1 aromatic carbocycles. The van der Waals surface area contributed by atoms with E-state index in [4.69, 9.17) is 15.0 Å². The Bertz CT molecular complexity index is 437. The fourth-order valence-corrected chi connectivity index (χ4v) is 1.16. The largest absolute Gasteiger partial charge is 0.390 e. The molecule has 0 amide bonds. The van der Waals surface area contributed by atoms with Crippen molar-refractivity contribution < 1.29 is 22.4 Å². The maximum atomic E-state index is 13.8. The molecule has 0 aliphatic heterocycles. The van der Waals surface area contributed by atoms with Crippen LogP contribution in [0, 0.1) is 5.82 Å². The van der Waals surface area contributed by atoms with Crippen molar-refractivity contribution in [3.05, 3.63) is 35.1 Å². The number of alkyl halides is 2. The predicted molar refractivity (Wildman–Crippen MR) is 50.0 cm³/mol. The Kier molecular flexibility index (Phi) is 2.28. The second kappa shape index (κ2) is 4.20. The quantitative estimate of drug-likeness (QED) is 0.820. The van der Waals surface area contributed by atoms with Gasteiger partial charge in [0.25, 0.3) is 5.92 Å². The smallest absolute Gasteiger partial charge is 0.298 e. The van der Waals surface area contributed by atoms with E-state index in [0.717, 1.165) is 18.2 Å². The summed E-state index contributed by atoms with van der Waals surface area (Å²) in [6.07, 6.45) is 0. The van der Waals surface area contributed by atoms with Gasteiger partial charge in [0.05, 0.1) is 5.56 Å². The fourth-order valence-electron chi connectivity index (χ4n) is 1.16.